The molecule has 1 aromatic carbocycles. The molecule has 1 aliphatic rings. The van der Waals surface area contributed by atoms with Gasteiger partial charge in [-0.2, -0.15) is 74.6 Å². The fourth-order valence-electron chi connectivity index (χ4n) is 4.49. The number of halogens is 17. The Labute approximate surface area is 232 Å². The van der Waals surface area contributed by atoms with Gasteiger partial charge in [0.05, 0.1) is 0 Å². The second kappa shape index (κ2) is 11.7. The van der Waals surface area contributed by atoms with Gasteiger partial charge in [0.25, 0.3) is 0 Å². The molecule has 0 nitrogen and oxygen atoms in total. The summed E-state index contributed by atoms with van der Waals surface area (Å²) in [5.74, 6) is -50.5. The minimum Gasteiger partial charge on any atom is -0.192 e. The summed E-state index contributed by atoms with van der Waals surface area (Å²) in [5, 5.41) is -6.45. The fourth-order valence-corrected chi connectivity index (χ4v) is 5.34. The summed E-state index contributed by atoms with van der Waals surface area (Å²) < 4.78 is 228. The van der Waals surface area contributed by atoms with Crippen molar-refractivity contribution in [1.29, 1.82) is 0 Å². The van der Waals surface area contributed by atoms with Crippen molar-refractivity contribution in [3.63, 3.8) is 0 Å². The van der Waals surface area contributed by atoms with Crippen LogP contribution in [0.3, 0.4) is 0 Å². The molecule has 0 bridgehead atoms. The van der Waals surface area contributed by atoms with Crippen LogP contribution in [0.5, 0.6) is 0 Å². The highest BCUT2D eigenvalue weighted by atomic mass is 32.2. The van der Waals surface area contributed by atoms with Crippen molar-refractivity contribution < 1.29 is 74.6 Å². The van der Waals surface area contributed by atoms with Crippen LogP contribution in [0.15, 0.2) is 24.3 Å². The van der Waals surface area contributed by atoms with Gasteiger partial charge in [0, 0.05) is 5.75 Å². The Bertz CT molecular complexity index is 1040. The summed E-state index contributed by atoms with van der Waals surface area (Å²) >= 11 is -1.50. The predicted molar refractivity (Wildman–Crippen MR) is 118 cm³/mol. The summed E-state index contributed by atoms with van der Waals surface area (Å²) in [6.07, 6.45) is -2.34. The Balaban J connectivity index is 2.25. The summed E-state index contributed by atoms with van der Waals surface area (Å²) in [5.41, 5.74) is 0.455. The smallest absolute Gasteiger partial charge is 0.192 e. The first-order valence-corrected chi connectivity index (χ1v) is 13.2. The number of alkyl halides is 17. The molecule has 1 saturated carbocycles. The standard InChI is InChI=1S/C24H23F17S/c1-2-3-13-4-8-15(9-5-13)16-10-6-14(7-11-16)12-42-24(40,41)22(35,36)20(31,32)18(27,28)17(25,26)19(29,30)21(33,34)23(37,38)39/h6-7,10-11,13,15H,2-5,8-9,12H2,1H3. The molecule has 2 rings (SSSR count). The molecule has 0 radical (unpaired) electrons. The van der Waals surface area contributed by atoms with Crippen LogP contribution >= 0.6 is 11.8 Å². The average molecular weight is 666 g/mol. The molecule has 0 amide bonds. The van der Waals surface area contributed by atoms with E-state index in [0.717, 1.165) is 56.2 Å². The van der Waals surface area contributed by atoms with Crippen LogP contribution in [0.2, 0.25) is 0 Å². The quantitative estimate of drug-likeness (QED) is 0.200. The average Bonchev–Trinajstić information content (AvgIpc) is 2.87. The zero-order valence-corrected chi connectivity index (χ0v) is 22.1. The molecule has 0 heterocycles. The molecule has 1 aliphatic carbocycles. The van der Waals surface area contributed by atoms with Crippen molar-refractivity contribution in [2.45, 2.75) is 104 Å². The molecule has 0 saturated heterocycles. The molecule has 18 heteroatoms. The van der Waals surface area contributed by atoms with E-state index in [4.69, 9.17) is 0 Å². The summed E-state index contributed by atoms with van der Waals surface area (Å²) in [6.45, 7) is 2.03. The van der Waals surface area contributed by atoms with Crippen LogP contribution in [-0.4, -0.2) is 47.0 Å². The lowest BCUT2D eigenvalue weighted by molar-refractivity contribution is -0.458. The number of thioether (sulfide) groups is 1. The van der Waals surface area contributed by atoms with Crippen LogP contribution in [0.1, 0.15) is 62.5 Å². The summed E-state index contributed by atoms with van der Waals surface area (Å²) in [7, 11) is 0. The lowest BCUT2D eigenvalue weighted by atomic mass is 9.77. The van der Waals surface area contributed by atoms with E-state index >= 15 is 0 Å². The van der Waals surface area contributed by atoms with Gasteiger partial charge in [-0.3, -0.25) is 0 Å². The van der Waals surface area contributed by atoms with Crippen LogP contribution < -0.4 is 0 Å². The molecule has 1 aromatic rings. The SMILES string of the molecule is CCCC1CCC(c2ccc(CSC(F)(F)C(F)(F)C(F)(F)C(F)(F)C(F)(F)C(F)(F)C(F)(F)C(F)(F)F)cc2)CC1. The third kappa shape index (κ3) is 6.02. The van der Waals surface area contributed by atoms with Crippen molar-refractivity contribution in [2.75, 3.05) is 0 Å². The Hall–Kier alpha value is -1.62. The van der Waals surface area contributed by atoms with Gasteiger partial charge in [-0.15, -0.1) is 0 Å². The monoisotopic (exact) mass is 666 g/mol. The highest BCUT2D eigenvalue weighted by molar-refractivity contribution is 7.99. The van der Waals surface area contributed by atoms with E-state index in [-0.39, 0.29) is 11.5 Å². The maximum atomic E-state index is 14.1. The van der Waals surface area contributed by atoms with Crippen molar-refractivity contribution in [3.8, 4) is 0 Å². The lowest BCUT2D eigenvalue weighted by Gasteiger charge is -2.42. The van der Waals surface area contributed by atoms with Gasteiger partial charge in [0.1, 0.15) is 0 Å². The molecule has 1 fully saturated rings. The first-order valence-electron chi connectivity index (χ1n) is 12.2. The van der Waals surface area contributed by atoms with Crippen molar-refractivity contribution >= 4 is 11.8 Å². The van der Waals surface area contributed by atoms with Crippen molar-refractivity contribution in [2.24, 2.45) is 5.92 Å². The molecule has 0 atom stereocenters. The van der Waals surface area contributed by atoms with Gasteiger partial charge in [0.15, 0.2) is 0 Å². The van der Waals surface area contributed by atoms with E-state index in [1.54, 1.807) is 0 Å². The lowest BCUT2D eigenvalue weighted by Crippen LogP contribution is -2.74. The van der Waals surface area contributed by atoms with Crippen molar-refractivity contribution in [3.05, 3.63) is 35.4 Å². The van der Waals surface area contributed by atoms with Gasteiger partial charge in [-0.05, 0) is 48.6 Å². The molecular formula is C24H23F17S. The van der Waals surface area contributed by atoms with Gasteiger partial charge in [0.2, 0.25) is 0 Å². The van der Waals surface area contributed by atoms with Gasteiger partial charge >= 0.3 is 47.0 Å². The van der Waals surface area contributed by atoms with E-state index in [0.29, 0.717) is 5.92 Å². The van der Waals surface area contributed by atoms with E-state index in [2.05, 4.69) is 0 Å². The van der Waals surface area contributed by atoms with Gasteiger partial charge in [-0.25, -0.2) is 0 Å². The molecule has 0 aliphatic heterocycles. The highest BCUT2D eigenvalue weighted by Crippen LogP contribution is 2.65. The Morgan fingerprint density at radius 3 is 1.38 bits per heavy atom. The van der Waals surface area contributed by atoms with E-state index in [1.165, 1.54) is 12.1 Å². The molecule has 0 N–H and O–H groups in total. The molecule has 0 spiro atoms. The number of hydrogen-bond donors (Lipinski definition) is 0. The Kier molecular flexibility index (Phi) is 10.2. The topological polar surface area (TPSA) is 0 Å². The van der Waals surface area contributed by atoms with Crippen LogP contribution in [-0.2, 0) is 5.75 Å². The van der Waals surface area contributed by atoms with Crippen LogP contribution in [0.4, 0.5) is 74.6 Å². The molecule has 244 valence electrons. The number of hydrogen-bond acceptors (Lipinski definition) is 1. The molecule has 0 aromatic heterocycles. The second-order valence-corrected chi connectivity index (χ2v) is 11.1. The maximum Gasteiger partial charge on any atom is 0.460 e. The molecule has 0 unspecified atom stereocenters. The highest BCUT2D eigenvalue weighted by Gasteiger charge is 2.95. The van der Waals surface area contributed by atoms with Crippen LogP contribution in [0.25, 0.3) is 0 Å². The fraction of sp³-hybridized carbons (Fsp3) is 0.750. The van der Waals surface area contributed by atoms with Crippen molar-refractivity contribution in [1.82, 2.24) is 0 Å². The number of benzene rings is 1. The Morgan fingerprint density at radius 1 is 0.571 bits per heavy atom. The van der Waals surface area contributed by atoms with E-state index in [9.17, 15) is 74.6 Å². The minimum atomic E-state index is -8.61. The van der Waals surface area contributed by atoms with E-state index < -0.39 is 64.5 Å². The zero-order valence-electron chi connectivity index (χ0n) is 21.2. The van der Waals surface area contributed by atoms with Crippen LogP contribution in [0, 0.1) is 5.92 Å². The third-order valence-corrected chi connectivity index (χ3v) is 8.20. The largest absolute Gasteiger partial charge is 0.460 e. The molecular weight excluding hydrogens is 643 g/mol. The van der Waals surface area contributed by atoms with Gasteiger partial charge < -0.3 is 0 Å². The summed E-state index contributed by atoms with van der Waals surface area (Å²) in [4.78, 5) is 0. The minimum absolute atomic E-state index is 0.0658. The summed E-state index contributed by atoms with van der Waals surface area (Å²) in [6, 6.07) is 5.02. The first-order chi connectivity index (χ1) is 18.7. The number of rotatable bonds is 12. The maximum absolute atomic E-state index is 14.1. The third-order valence-electron chi connectivity index (χ3n) is 7.11. The van der Waals surface area contributed by atoms with Gasteiger partial charge in [-0.1, -0.05) is 55.8 Å². The Morgan fingerprint density at radius 2 is 0.976 bits per heavy atom. The first kappa shape index (κ1) is 36.6. The second-order valence-electron chi connectivity index (χ2n) is 10.00. The molecule has 42 heavy (non-hydrogen) atoms. The predicted octanol–water partition coefficient (Wildman–Crippen LogP) is 11.0. The zero-order chi connectivity index (χ0) is 32.8. The van der Waals surface area contributed by atoms with E-state index in [1.807, 2.05) is 6.92 Å². The normalized spacial score (nSPS) is 20.6.